The van der Waals surface area contributed by atoms with Crippen LogP contribution in [0.3, 0.4) is 0 Å². The number of nitrogens with one attached hydrogen (secondary N) is 1. The quantitative estimate of drug-likeness (QED) is 0.916. The number of pyridine rings is 1. The Kier molecular flexibility index (Phi) is 3.57. The van der Waals surface area contributed by atoms with E-state index in [0.29, 0.717) is 0 Å². The Balaban J connectivity index is 2.12. The van der Waals surface area contributed by atoms with Crippen molar-refractivity contribution in [2.75, 3.05) is 5.32 Å². The highest BCUT2D eigenvalue weighted by molar-refractivity contribution is 9.10. The van der Waals surface area contributed by atoms with Crippen molar-refractivity contribution in [3.8, 4) is 0 Å². The number of nitrogens with zero attached hydrogens (tertiary/aromatic N) is 1. The topological polar surface area (TPSA) is 24.9 Å². The number of halogens is 1. The first-order chi connectivity index (χ1) is 7.75. The molecule has 0 spiro atoms. The summed E-state index contributed by atoms with van der Waals surface area (Å²) in [6.07, 6.45) is 1.79. The van der Waals surface area contributed by atoms with Gasteiger partial charge < -0.3 is 5.32 Å². The lowest BCUT2D eigenvalue weighted by Crippen LogP contribution is -2.07. The molecule has 0 fully saturated rings. The first-order valence-corrected chi connectivity index (χ1v) is 5.98. The standard InChI is InChI=1S/C13H13BrN2/c1-10(11-5-4-6-12(14)9-11)16-13-7-2-3-8-15-13/h2-10H,1H3,(H,15,16). The van der Waals surface area contributed by atoms with Gasteiger partial charge in [0.15, 0.2) is 0 Å². The van der Waals surface area contributed by atoms with Gasteiger partial charge in [-0.1, -0.05) is 34.1 Å². The fourth-order valence-electron chi connectivity index (χ4n) is 1.53. The van der Waals surface area contributed by atoms with Crippen molar-refractivity contribution in [3.05, 3.63) is 58.7 Å². The van der Waals surface area contributed by atoms with Crippen LogP contribution in [0.4, 0.5) is 5.82 Å². The SMILES string of the molecule is CC(Nc1ccccn1)c1cccc(Br)c1. The van der Waals surface area contributed by atoms with Crippen molar-refractivity contribution in [3.63, 3.8) is 0 Å². The number of rotatable bonds is 3. The lowest BCUT2D eigenvalue weighted by Gasteiger charge is -2.14. The third-order valence-electron chi connectivity index (χ3n) is 2.38. The third kappa shape index (κ3) is 2.83. The van der Waals surface area contributed by atoms with E-state index in [1.165, 1.54) is 5.56 Å². The Morgan fingerprint density at radius 1 is 1.19 bits per heavy atom. The minimum Gasteiger partial charge on any atom is -0.364 e. The first kappa shape index (κ1) is 11.1. The van der Waals surface area contributed by atoms with Crippen LogP contribution in [-0.2, 0) is 0 Å². The van der Waals surface area contributed by atoms with E-state index in [0.717, 1.165) is 10.3 Å². The Bertz CT molecular complexity index is 456. The molecule has 2 aromatic rings. The van der Waals surface area contributed by atoms with Gasteiger partial charge in [-0.2, -0.15) is 0 Å². The summed E-state index contributed by atoms with van der Waals surface area (Å²) in [6.45, 7) is 2.12. The third-order valence-corrected chi connectivity index (χ3v) is 2.87. The number of aromatic nitrogens is 1. The average molecular weight is 277 g/mol. The molecule has 0 saturated heterocycles. The Hall–Kier alpha value is -1.35. The molecular formula is C13H13BrN2. The smallest absolute Gasteiger partial charge is 0.126 e. The van der Waals surface area contributed by atoms with Crippen LogP contribution in [0.25, 0.3) is 0 Å². The minimum atomic E-state index is 0.243. The molecule has 1 unspecified atom stereocenters. The van der Waals surface area contributed by atoms with Gasteiger partial charge >= 0.3 is 0 Å². The summed E-state index contributed by atoms with van der Waals surface area (Å²) in [5.41, 5.74) is 1.24. The molecule has 2 rings (SSSR count). The molecule has 1 heterocycles. The van der Waals surface area contributed by atoms with Gasteiger partial charge in [0.05, 0.1) is 0 Å². The van der Waals surface area contributed by atoms with E-state index in [1.807, 2.05) is 30.3 Å². The molecule has 2 nitrogen and oxygen atoms in total. The zero-order chi connectivity index (χ0) is 11.4. The average Bonchev–Trinajstić information content (AvgIpc) is 2.30. The van der Waals surface area contributed by atoms with Crippen molar-refractivity contribution in [2.45, 2.75) is 13.0 Å². The van der Waals surface area contributed by atoms with Crippen LogP contribution in [-0.4, -0.2) is 4.98 Å². The summed E-state index contributed by atoms with van der Waals surface area (Å²) >= 11 is 3.47. The molecular weight excluding hydrogens is 264 g/mol. The molecule has 1 aromatic heterocycles. The van der Waals surface area contributed by atoms with Crippen LogP contribution < -0.4 is 5.32 Å². The molecule has 0 bridgehead atoms. The van der Waals surface area contributed by atoms with E-state index in [-0.39, 0.29) is 6.04 Å². The van der Waals surface area contributed by atoms with Gasteiger partial charge in [-0.3, -0.25) is 0 Å². The van der Waals surface area contributed by atoms with E-state index in [4.69, 9.17) is 0 Å². The lowest BCUT2D eigenvalue weighted by molar-refractivity contribution is 0.874. The largest absolute Gasteiger partial charge is 0.364 e. The van der Waals surface area contributed by atoms with Gasteiger partial charge in [0.2, 0.25) is 0 Å². The number of hydrogen-bond acceptors (Lipinski definition) is 2. The van der Waals surface area contributed by atoms with Crippen molar-refractivity contribution in [1.82, 2.24) is 4.98 Å². The normalized spacial score (nSPS) is 12.1. The van der Waals surface area contributed by atoms with Crippen LogP contribution in [0, 0.1) is 0 Å². The van der Waals surface area contributed by atoms with Crippen LogP contribution in [0.2, 0.25) is 0 Å². The number of benzene rings is 1. The summed E-state index contributed by atoms with van der Waals surface area (Å²) in [4.78, 5) is 4.24. The molecule has 3 heteroatoms. The van der Waals surface area contributed by atoms with E-state index in [2.05, 4.69) is 45.3 Å². The second kappa shape index (κ2) is 5.12. The van der Waals surface area contributed by atoms with Crippen LogP contribution in [0.1, 0.15) is 18.5 Å². The van der Waals surface area contributed by atoms with Gasteiger partial charge in [-0.15, -0.1) is 0 Å². The fraction of sp³-hybridized carbons (Fsp3) is 0.154. The minimum absolute atomic E-state index is 0.243. The monoisotopic (exact) mass is 276 g/mol. The molecule has 0 aliphatic heterocycles. The molecule has 0 aliphatic carbocycles. The van der Waals surface area contributed by atoms with E-state index < -0.39 is 0 Å². The zero-order valence-electron chi connectivity index (χ0n) is 9.02. The molecule has 16 heavy (non-hydrogen) atoms. The maximum atomic E-state index is 4.24. The molecule has 0 aliphatic rings. The second-order valence-electron chi connectivity index (χ2n) is 3.64. The Labute approximate surface area is 104 Å². The second-order valence-corrected chi connectivity index (χ2v) is 4.55. The van der Waals surface area contributed by atoms with Gasteiger partial charge in [0.1, 0.15) is 5.82 Å². The van der Waals surface area contributed by atoms with Crippen molar-refractivity contribution in [2.24, 2.45) is 0 Å². The highest BCUT2D eigenvalue weighted by atomic mass is 79.9. The van der Waals surface area contributed by atoms with Gasteiger partial charge in [-0.05, 0) is 36.8 Å². The zero-order valence-corrected chi connectivity index (χ0v) is 10.6. The number of anilines is 1. The van der Waals surface area contributed by atoms with E-state index >= 15 is 0 Å². The van der Waals surface area contributed by atoms with Crippen molar-refractivity contribution < 1.29 is 0 Å². The van der Waals surface area contributed by atoms with Crippen LogP contribution in [0.5, 0.6) is 0 Å². The van der Waals surface area contributed by atoms with Gasteiger partial charge in [-0.25, -0.2) is 4.98 Å². The van der Waals surface area contributed by atoms with Gasteiger partial charge in [0, 0.05) is 16.7 Å². The van der Waals surface area contributed by atoms with Crippen LogP contribution in [0.15, 0.2) is 53.1 Å². The molecule has 0 radical (unpaired) electrons. The predicted molar refractivity (Wildman–Crippen MR) is 70.4 cm³/mol. The molecule has 0 saturated carbocycles. The molecule has 1 N–H and O–H groups in total. The molecule has 82 valence electrons. The summed E-state index contributed by atoms with van der Waals surface area (Å²) < 4.78 is 1.10. The first-order valence-electron chi connectivity index (χ1n) is 5.19. The predicted octanol–water partition coefficient (Wildman–Crippen LogP) is 4.02. The number of hydrogen-bond donors (Lipinski definition) is 1. The maximum Gasteiger partial charge on any atom is 0.126 e. The Morgan fingerprint density at radius 2 is 2.06 bits per heavy atom. The summed E-state index contributed by atoms with van der Waals surface area (Å²) in [5, 5.41) is 3.35. The molecule has 1 aromatic carbocycles. The van der Waals surface area contributed by atoms with E-state index in [9.17, 15) is 0 Å². The van der Waals surface area contributed by atoms with Crippen molar-refractivity contribution in [1.29, 1.82) is 0 Å². The maximum absolute atomic E-state index is 4.24. The molecule has 1 atom stereocenters. The van der Waals surface area contributed by atoms with Gasteiger partial charge in [0.25, 0.3) is 0 Å². The summed E-state index contributed by atoms with van der Waals surface area (Å²) in [7, 11) is 0. The lowest BCUT2D eigenvalue weighted by atomic mass is 10.1. The van der Waals surface area contributed by atoms with Crippen molar-refractivity contribution >= 4 is 21.7 Å². The molecule has 0 amide bonds. The highest BCUT2D eigenvalue weighted by Gasteiger charge is 2.05. The van der Waals surface area contributed by atoms with E-state index in [1.54, 1.807) is 6.20 Å². The Morgan fingerprint density at radius 3 is 2.75 bits per heavy atom. The highest BCUT2D eigenvalue weighted by Crippen LogP contribution is 2.20. The summed E-state index contributed by atoms with van der Waals surface area (Å²) in [5.74, 6) is 0.898. The fourth-order valence-corrected chi connectivity index (χ4v) is 1.95. The van der Waals surface area contributed by atoms with Crippen LogP contribution >= 0.6 is 15.9 Å². The summed E-state index contributed by atoms with van der Waals surface area (Å²) in [6, 6.07) is 14.4.